The van der Waals surface area contributed by atoms with Gasteiger partial charge >= 0.3 is 0 Å². The zero-order valence-electron chi connectivity index (χ0n) is 15.5. The Morgan fingerprint density at radius 1 is 1.31 bits per heavy atom. The molecule has 1 aromatic heterocycles. The van der Waals surface area contributed by atoms with Crippen molar-refractivity contribution in [1.82, 2.24) is 10.1 Å². The highest BCUT2D eigenvalue weighted by atomic mass is 16.5. The minimum atomic E-state index is -0.334. The number of aromatic nitrogens is 1. The van der Waals surface area contributed by atoms with Gasteiger partial charge in [0.1, 0.15) is 5.76 Å². The van der Waals surface area contributed by atoms with Crippen LogP contribution < -0.4 is 0 Å². The van der Waals surface area contributed by atoms with Gasteiger partial charge in [-0.3, -0.25) is 4.79 Å². The van der Waals surface area contributed by atoms with Crippen molar-refractivity contribution in [3.63, 3.8) is 0 Å². The minimum Gasteiger partial charge on any atom is -0.392 e. The molecule has 5 nitrogen and oxygen atoms in total. The van der Waals surface area contributed by atoms with Crippen LogP contribution in [0.3, 0.4) is 0 Å². The Hall–Kier alpha value is -2.14. The van der Waals surface area contributed by atoms with Crippen LogP contribution in [-0.4, -0.2) is 40.3 Å². The van der Waals surface area contributed by atoms with Gasteiger partial charge in [-0.05, 0) is 50.7 Å². The molecule has 1 atom stereocenters. The molecular formula is C21H26N2O3. The molecule has 0 unspecified atom stereocenters. The molecule has 1 fully saturated rings. The van der Waals surface area contributed by atoms with E-state index in [0.29, 0.717) is 25.9 Å². The summed E-state index contributed by atoms with van der Waals surface area (Å²) in [5.74, 6) is 0.985. The van der Waals surface area contributed by atoms with E-state index in [2.05, 4.69) is 23.4 Å². The van der Waals surface area contributed by atoms with Crippen molar-refractivity contribution in [3.05, 3.63) is 52.4 Å². The highest BCUT2D eigenvalue weighted by Crippen LogP contribution is 2.46. The fraction of sp³-hybridized carbons (Fsp3) is 0.524. The second-order valence-electron chi connectivity index (χ2n) is 7.72. The monoisotopic (exact) mass is 354 g/mol. The number of amides is 1. The van der Waals surface area contributed by atoms with Crippen molar-refractivity contribution in [2.45, 2.75) is 57.5 Å². The fourth-order valence-corrected chi connectivity index (χ4v) is 4.77. The van der Waals surface area contributed by atoms with Crippen molar-refractivity contribution in [1.29, 1.82) is 0 Å². The van der Waals surface area contributed by atoms with Crippen molar-refractivity contribution in [3.8, 4) is 0 Å². The van der Waals surface area contributed by atoms with Crippen LogP contribution in [0.5, 0.6) is 0 Å². The third-order valence-corrected chi connectivity index (χ3v) is 6.38. The lowest BCUT2D eigenvalue weighted by molar-refractivity contribution is -0.133. The van der Waals surface area contributed by atoms with Gasteiger partial charge in [-0.2, -0.15) is 0 Å². The lowest BCUT2D eigenvalue weighted by Gasteiger charge is -2.42. The molecular weight excluding hydrogens is 328 g/mol. The third-order valence-electron chi connectivity index (χ3n) is 6.38. The molecule has 1 saturated heterocycles. The average Bonchev–Trinajstić information content (AvgIpc) is 3.11. The van der Waals surface area contributed by atoms with Crippen molar-refractivity contribution >= 4 is 5.91 Å². The fourth-order valence-electron chi connectivity index (χ4n) is 4.77. The number of fused-ring (bicyclic) bond motifs is 2. The van der Waals surface area contributed by atoms with Crippen molar-refractivity contribution < 1.29 is 14.4 Å². The highest BCUT2D eigenvalue weighted by Gasteiger charge is 2.47. The maximum Gasteiger partial charge on any atom is 0.222 e. The molecule has 5 heteroatoms. The number of aliphatic hydroxyl groups excluding tert-OH is 1. The molecule has 2 heterocycles. The molecule has 4 rings (SSSR count). The number of hydrogen-bond donors (Lipinski definition) is 1. The Bertz CT molecular complexity index is 799. The van der Waals surface area contributed by atoms with E-state index in [0.717, 1.165) is 36.3 Å². The van der Waals surface area contributed by atoms with Gasteiger partial charge in [-0.25, -0.2) is 0 Å². The number of rotatable bonds is 3. The number of aliphatic hydroxyl groups is 1. The summed E-state index contributed by atoms with van der Waals surface area (Å²) in [7, 11) is 0. The smallest absolute Gasteiger partial charge is 0.222 e. The van der Waals surface area contributed by atoms with Crippen molar-refractivity contribution in [2.75, 3.05) is 13.1 Å². The second-order valence-corrected chi connectivity index (χ2v) is 7.72. The summed E-state index contributed by atoms with van der Waals surface area (Å²) in [5, 5.41) is 14.7. The lowest BCUT2D eigenvalue weighted by Crippen LogP contribution is -2.49. The molecule has 0 bridgehead atoms. The SMILES string of the molecule is Cc1noc(C)c1CCC(=O)N1CCC2(CC1)c1ccccc1C[C@H]2O. The first-order valence-electron chi connectivity index (χ1n) is 9.47. The van der Waals surface area contributed by atoms with E-state index in [-0.39, 0.29) is 17.4 Å². The zero-order chi connectivity index (χ0) is 18.3. The summed E-state index contributed by atoms with van der Waals surface area (Å²) >= 11 is 0. The van der Waals surface area contributed by atoms with Gasteiger partial charge in [0.2, 0.25) is 5.91 Å². The lowest BCUT2D eigenvalue weighted by atomic mass is 9.72. The molecule has 138 valence electrons. The van der Waals surface area contributed by atoms with Gasteiger partial charge < -0.3 is 14.5 Å². The van der Waals surface area contributed by atoms with Crippen LogP contribution in [0.25, 0.3) is 0 Å². The van der Waals surface area contributed by atoms with E-state index in [1.165, 1.54) is 11.1 Å². The Morgan fingerprint density at radius 2 is 2.04 bits per heavy atom. The number of carbonyl (C=O) groups is 1. The quantitative estimate of drug-likeness (QED) is 0.920. The second kappa shape index (κ2) is 6.54. The molecule has 1 aliphatic carbocycles. The minimum absolute atomic E-state index is 0.172. The molecule has 1 aromatic carbocycles. The summed E-state index contributed by atoms with van der Waals surface area (Å²) in [6.07, 6.45) is 3.22. The molecule has 2 aromatic rings. The van der Waals surface area contributed by atoms with Crippen LogP contribution in [0.1, 0.15) is 47.4 Å². The van der Waals surface area contributed by atoms with Crippen LogP contribution >= 0.6 is 0 Å². The van der Waals surface area contributed by atoms with E-state index in [9.17, 15) is 9.90 Å². The van der Waals surface area contributed by atoms with Crippen LogP contribution in [-0.2, 0) is 23.1 Å². The molecule has 1 spiro atoms. The number of hydrogen-bond acceptors (Lipinski definition) is 4. The molecule has 0 saturated carbocycles. The maximum atomic E-state index is 12.7. The Labute approximate surface area is 154 Å². The first-order chi connectivity index (χ1) is 12.5. The molecule has 2 aliphatic rings. The standard InChI is InChI=1S/C21H26N2O3/c1-14-17(15(2)26-22-14)7-8-20(25)23-11-9-21(10-12-23)18-6-4-3-5-16(18)13-19(21)24/h3-6,19,24H,7-13H2,1-2H3/t19-/m1/s1. The maximum absolute atomic E-state index is 12.7. The summed E-state index contributed by atoms with van der Waals surface area (Å²) in [6, 6.07) is 8.37. The number of likely N-dealkylation sites (tertiary alicyclic amines) is 1. The first-order valence-corrected chi connectivity index (χ1v) is 9.47. The number of nitrogens with zero attached hydrogens (tertiary/aromatic N) is 2. The normalized spacial score (nSPS) is 21.2. The molecule has 0 radical (unpaired) electrons. The zero-order valence-corrected chi connectivity index (χ0v) is 15.5. The van der Waals surface area contributed by atoms with Gasteiger partial charge in [0, 0.05) is 30.5 Å². The summed E-state index contributed by atoms with van der Waals surface area (Å²) in [6.45, 7) is 5.24. The Balaban J connectivity index is 1.40. The molecule has 1 N–H and O–H groups in total. The number of piperidine rings is 1. The van der Waals surface area contributed by atoms with Gasteiger partial charge in [0.05, 0.1) is 11.8 Å². The molecule has 26 heavy (non-hydrogen) atoms. The van der Waals surface area contributed by atoms with E-state index in [4.69, 9.17) is 4.52 Å². The van der Waals surface area contributed by atoms with Gasteiger partial charge in [0.15, 0.2) is 0 Å². The molecule has 1 amide bonds. The first kappa shape index (κ1) is 17.3. The Morgan fingerprint density at radius 3 is 2.73 bits per heavy atom. The van der Waals surface area contributed by atoms with E-state index >= 15 is 0 Å². The van der Waals surface area contributed by atoms with E-state index < -0.39 is 0 Å². The average molecular weight is 354 g/mol. The summed E-state index contributed by atoms with van der Waals surface area (Å²) in [5.41, 5.74) is 4.30. The van der Waals surface area contributed by atoms with Crippen LogP contribution in [0.2, 0.25) is 0 Å². The number of aryl methyl sites for hydroxylation is 2. The van der Waals surface area contributed by atoms with E-state index in [1.54, 1.807) is 0 Å². The number of carbonyl (C=O) groups excluding carboxylic acids is 1. The topological polar surface area (TPSA) is 66.6 Å². The van der Waals surface area contributed by atoms with Crippen LogP contribution in [0.4, 0.5) is 0 Å². The predicted octanol–water partition coefficient (Wildman–Crippen LogP) is 2.70. The van der Waals surface area contributed by atoms with Gasteiger partial charge in [-0.15, -0.1) is 0 Å². The number of benzene rings is 1. The largest absolute Gasteiger partial charge is 0.392 e. The van der Waals surface area contributed by atoms with E-state index in [1.807, 2.05) is 24.8 Å². The Kier molecular flexibility index (Phi) is 4.35. The van der Waals surface area contributed by atoms with Gasteiger partial charge in [-0.1, -0.05) is 29.4 Å². The highest BCUT2D eigenvalue weighted by molar-refractivity contribution is 5.76. The van der Waals surface area contributed by atoms with Gasteiger partial charge in [0.25, 0.3) is 0 Å². The predicted molar refractivity (Wildman–Crippen MR) is 97.9 cm³/mol. The van der Waals surface area contributed by atoms with Crippen molar-refractivity contribution in [2.24, 2.45) is 0 Å². The molecule has 1 aliphatic heterocycles. The third kappa shape index (κ3) is 2.75. The van der Waals surface area contributed by atoms with Crippen LogP contribution in [0, 0.1) is 13.8 Å². The van der Waals surface area contributed by atoms with Crippen LogP contribution in [0.15, 0.2) is 28.8 Å². The summed E-state index contributed by atoms with van der Waals surface area (Å²) in [4.78, 5) is 14.6. The summed E-state index contributed by atoms with van der Waals surface area (Å²) < 4.78 is 5.18.